The molecule has 1 aliphatic rings. The van der Waals surface area contributed by atoms with Crippen molar-refractivity contribution in [3.8, 4) is 11.8 Å². The van der Waals surface area contributed by atoms with Gasteiger partial charge in [-0.25, -0.2) is 0 Å². The van der Waals surface area contributed by atoms with Crippen LogP contribution in [-0.2, 0) is 4.79 Å². The molecule has 1 aromatic carbocycles. The van der Waals surface area contributed by atoms with E-state index < -0.39 is 0 Å². The maximum Gasteiger partial charge on any atom is 0.260 e. The lowest BCUT2D eigenvalue weighted by Gasteiger charge is -2.29. The summed E-state index contributed by atoms with van der Waals surface area (Å²) in [6, 6.07) is 7.10. The quantitative estimate of drug-likeness (QED) is 0.861. The Morgan fingerprint density at radius 2 is 2.10 bits per heavy atom. The van der Waals surface area contributed by atoms with Gasteiger partial charge < -0.3 is 9.64 Å². The fraction of sp³-hybridized carbons (Fsp3) is 0.429. The minimum atomic E-state index is -0.0996. The second-order valence-electron chi connectivity index (χ2n) is 4.65. The highest BCUT2D eigenvalue weighted by Gasteiger charge is 2.22. The number of likely N-dealkylation sites (tertiary alicyclic amines) is 1. The van der Waals surface area contributed by atoms with E-state index in [4.69, 9.17) is 33.2 Å². The third-order valence-corrected chi connectivity index (χ3v) is 3.82. The minimum absolute atomic E-state index is 0.0577. The highest BCUT2D eigenvalue weighted by Crippen LogP contribution is 2.27. The Morgan fingerprint density at radius 3 is 2.75 bits per heavy atom. The number of piperidine rings is 1. The van der Waals surface area contributed by atoms with Gasteiger partial charge in [-0.05, 0) is 25.0 Å². The van der Waals surface area contributed by atoms with Crippen molar-refractivity contribution in [3.05, 3.63) is 28.2 Å². The van der Waals surface area contributed by atoms with Crippen molar-refractivity contribution in [2.24, 2.45) is 5.92 Å². The fourth-order valence-electron chi connectivity index (χ4n) is 2.08. The Hall–Kier alpha value is -1.44. The number of benzene rings is 1. The van der Waals surface area contributed by atoms with E-state index in [1.165, 1.54) is 0 Å². The summed E-state index contributed by atoms with van der Waals surface area (Å²) in [5, 5.41) is 9.75. The highest BCUT2D eigenvalue weighted by molar-refractivity contribution is 6.34. The van der Waals surface area contributed by atoms with Gasteiger partial charge in [-0.15, -0.1) is 0 Å². The van der Waals surface area contributed by atoms with Crippen LogP contribution in [0.25, 0.3) is 0 Å². The number of hydrogen-bond donors (Lipinski definition) is 0. The van der Waals surface area contributed by atoms with Crippen molar-refractivity contribution in [1.29, 1.82) is 5.26 Å². The normalized spacial score (nSPS) is 15.8. The molecule has 1 saturated heterocycles. The maximum absolute atomic E-state index is 12.0. The van der Waals surface area contributed by atoms with E-state index in [1.807, 2.05) is 0 Å². The van der Waals surface area contributed by atoms with Gasteiger partial charge in [0, 0.05) is 30.1 Å². The number of ether oxygens (including phenoxy) is 1. The summed E-state index contributed by atoms with van der Waals surface area (Å²) >= 11 is 11.8. The van der Waals surface area contributed by atoms with E-state index in [0.29, 0.717) is 28.9 Å². The molecule has 20 heavy (non-hydrogen) atoms. The number of rotatable bonds is 3. The number of amides is 1. The zero-order valence-electron chi connectivity index (χ0n) is 10.8. The number of nitrogens with zero attached hydrogens (tertiary/aromatic N) is 2. The Bertz CT molecular complexity index is 534. The molecule has 0 aliphatic carbocycles. The molecule has 0 spiro atoms. The molecule has 1 heterocycles. The molecule has 0 saturated carbocycles. The van der Waals surface area contributed by atoms with E-state index in [9.17, 15) is 4.79 Å². The summed E-state index contributed by atoms with van der Waals surface area (Å²) in [4.78, 5) is 13.7. The van der Waals surface area contributed by atoms with Crippen molar-refractivity contribution in [2.45, 2.75) is 12.8 Å². The second-order valence-corrected chi connectivity index (χ2v) is 5.49. The van der Waals surface area contributed by atoms with E-state index in [-0.39, 0.29) is 18.4 Å². The molecule has 0 bridgehead atoms. The fourth-order valence-corrected chi connectivity index (χ4v) is 2.41. The highest BCUT2D eigenvalue weighted by atomic mass is 35.5. The topological polar surface area (TPSA) is 53.3 Å². The first-order chi connectivity index (χ1) is 9.60. The van der Waals surface area contributed by atoms with Gasteiger partial charge in [0.2, 0.25) is 0 Å². The van der Waals surface area contributed by atoms with Gasteiger partial charge in [-0.2, -0.15) is 5.26 Å². The molecule has 1 aromatic rings. The third-order valence-electron chi connectivity index (χ3n) is 3.27. The van der Waals surface area contributed by atoms with Crippen molar-refractivity contribution in [2.75, 3.05) is 19.7 Å². The number of halogens is 2. The van der Waals surface area contributed by atoms with Gasteiger partial charge in [0.15, 0.2) is 6.61 Å². The van der Waals surface area contributed by atoms with Crippen LogP contribution in [0.1, 0.15) is 12.8 Å². The molecule has 0 unspecified atom stereocenters. The third kappa shape index (κ3) is 3.78. The van der Waals surface area contributed by atoms with Crippen molar-refractivity contribution < 1.29 is 9.53 Å². The zero-order chi connectivity index (χ0) is 14.5. The molecule has 2 rings (SSSR count). The smallest absolute Gasteiger partial charge is 0.260 e. The Balaban J connectivity index is 1.87. The Labute approximate surface area is 127 Å². The molecular weight excluding hydrogens is 299 g/mol. The molecule has 106 valence electrons. The molecule has 0 N–H and O–H groups in total. The lowest BCUT2D eigenvalue weighted by molar-refractivity contribution is -0.134. The average molecular weight is 313 g/mol. The summed E-state index contributed by atoms with van der Waals surface area (Å²) in [6.45, 7) is 1.13. The molecule has 0 atom stereocenters. The van der Waals surface area contributed by atoms with Crippen LogP contribution in [-0.4, -0.2) is 30.5 Å². The molecule has 0 radical (unpaired) electrons. The largest absolute Gasteiger partial charge is 0.482 e. The number of carbonyl (C=O) groups is 1. The first-order valence-electron chi connectivity index (χ1n) is 6.35. The lowest BCUT2D eigenvalue weighted by atomic mass is 9.99. The summed E-state index contributed by atoms with van der Waals surface area (Å²) < 4.78 is 5.41. The van der Waals surface area contributed by atoms with Crippen LogP contribution in [0.15, 0.2) is 18.2 Å². The van der Waals surface area contributed by atoms with Gasteiger partial charge in [0.1, 0.15) is 5.75 Å². The van der Waals surface area contributed by atoms with Gasteiger partial charge in [0.05, 0.1) is 11.1 Å². The van der Waals surface area contributed by atoms with Gasteiger partial charge >= 0.3 is 0 Å². The summed E-state index contributed by atoms with van der Waals surface area (Å²) in [7, 11) is 0. The summed E-state index contributed by atoms with van der Waals surface area (Å²) in [6.07, 6.45) is 1.44. The zero-order valence-corrected chi connectivity index (χ0v) is 12.3. The van der Waals surface area contributed by atoms with Crippen molar-refractivity contribution >= 4 is 29.1 Å². The standard InChI is InChI=1S/C14H14Cl2N2O2/c15-11-1-2-12(16)13(7-11)20-9-14(19)18-5-3-10(8-17)4-6-18/h1-2,7,10H,3-6,9H2. The van der Waals surface area contributed by atoms with Crippen LogP contribution in [0.3, 0.4) is 0 Å². The lowest BCUT2D eigenvalue weighted by Crippen LogP contribution is -2.40. The molecule has 1 amide bonds. The Morgan fingerprint density at radius 1 is 1.40 bits per heavy atom. The van der Waals surface area contributed by atoms with Gasteiger partial charge in [-0.1, -0.05) is 23.2 Å². The van der Waals surface area contributed by atoms with Crippen LogP contribution in [0.4, 0.5) is 0 Å². The van der Waals surface area contributed by atoms with Crippen LogP contribution in [0.5, 0.6) is 5.75 Å². The van der Waals surface area contributed by atoms with Crippen LogP contribution in [0, 0.1) is 17.2 Å². The molecule has 4 nitrogen and oxygen atoms in total. The number of nitriles is 1. The maximum atomic E-state index is 12.0. The van der Waals surface area contributed by atoms with Crippen LogP contribution in [0.2, 0.25) is 10.0 Å². The summed E-state index contributed by atoms with van der Waals surface area (Å²) in [5.74, 6) is 0.360. The molecule has 1 fully saturated rings. The molecule has 6 heteroatoms. The van der Waals surface area contributed by atoms with Gasteiger partial charge in [0.25, 0.3) is 5.91 Å². The first-order valence-corrected chi connectivity index (χ1v) is 7.11. The van der Waals surface area contributed by atoms with E-state index >= 15 is 0 Å². The second kappa shape index (κ2) is 6.83. The van der Waals surface area contributed by atoms with Gasteiger partial charge in [-0.3, -0.25) is 4.79 Å². The van der Waals surface area contributed by atoms with E-state index in [2.05, 4.69) is 6.07 Å². The first kappa shape index (κ1) is 15.0. The van der Waals surface area contributed by atoms with Crippen LogP contribution < -0.4 is 4.74 Å². The van der Waals surface area contributed by atoms with Crippen molar-refractivity contribution in [1.82, 2.24) is 4.90 Å². The van der Waals surface area contributed by atoms with Crippen molar-refractivity contribution in [3.63, 3.8) is 0 Å². The van der Waals surface area contributed by atoms with E-state index in [0.717, 1.165) is 12.8 Å². The van der Waals surface area contributed by atoms with E-state index in [1.54, 1.807) is 23.1 Å². The predicted molar refractivity (Wildman–Crippen MR) is 76.9 cm³/mol. The molecule has 1 aliphatic heterocycles. The number of hydrogen-bond acceptors (Lipinski definition) is 3. The van der Waals surface area contributed by atoms with Crippen LogP contribution >= 0.6 is 23.2 Å². The minimum Gasteiger partial charge on any atom is -0.482 e. The molecular formula is C14H14Cl2N2O2. The average Bonchev–Trinajstić information content (AvgIpc) is 2.48. The Kier molecular flexibility index (Phi) is 5.11. The summed E-state index contributed by atoms with van der Waals surface area (Å²) in [5.41, 5.74) is 0. The predicted octanol–water partition coefficient (Wildman–Crippen LogP) is 3.13. The monoisotopic (exact) mass is 312 g/mol. The SMILES string of the molecule is N#CC1CCN(C(=O)COc2cc(Cl)ccc2Cl)CC1. The number of carbonyl (C=O) groups excluding carboxylic acids is 1. The molecule has 0 aromatic heterocycles.